The van der Waals surface area contributed by atoms with E-state index in [1.54, 1.807) is 4.57 Å². The first kappa shape index (κ1) is 20.2. The van der Waals surface area contributed by atoms with E-state index in [0.29, 0.717) is 23.0 Å². The minimum Gasteiger partial charge on any atom is -0.368 e. The zero-order valence-electron chi connectivity index (χ0n) is 14.4. The molecule has 13 nitrogen and oxygen atoms in total. The molecule has 0 aliphatic heterocycles. The lowest BCUT2D eigenvalue weighted by Gasteiger charge is -2.15. The van der Waals surface area contributed by atoms with Gasteiger partial charge in [-0.1, -0.05) is 0 Å². The lowest BCUT2D eigenvalue weighted by atomic mass is 10.4. The van der Waals surface area contributed by atoms with E-state index in [1.165, 1.54) is 6.33 Å². The minimum atomic E-state index is -4.59. The zero-order chi connectivity index (χ0) is 19.7. The molecule has 15 heteroatoms. The summed E-state index contributed by atoms with van der Waals surface area (Å²) in [6, 6.07) is 0.365. The minimum absolute atomic E-state index is 0.00260. The van der Waals surface area contributed by atoms with Gasteiger partial charge in [0.05, 0.1) is 12.9 Å². The smallest absolute Gasteiger partial charge is 0.368 e. The first-order chi connectivity index (χ1) is 12.7. The Balaban J connectivity index is 1.60. The molecule has 150 valence electrons. The Hall–Kier alpha value is -1.59. The predicted octanol–water partition coefficient (Wildman–Crippen LogP) is 0.906. The van der Waals surface area contributed by atoms with Crippen LogP contribution in [0.15, 0.2) is 6.33 Å². The number of aromatic nitrogens is 4. The molecule has 27 heavy (non-hydrogen) atoms. The second-order valence-electron chi connectivity index (χ2n) is 5.87. The maximum atomic E-state index is 11.7. The van der Waals surface area contributed by atoms with Crippen LogP contribution in [0.3, 0.4) is 0 Å². The van der Waals surface area contributed by atoms with Crippen LogP contribution in [0, 0.1) is 0 Å². The lowest BCUT2D eigenvalue weighted by Crippen LogP contribution is -2.10. The summed E-state index contributed by atoms with van der Waals surface area (Å²) < 4.78 is 37.9. The van der Waals surface area contributed by atoms with Crippen molar-refractivity contribution < 1.29 is 32.5 Å². The third-order valence-corrected chi connectivity index (χ3v) is 6.41. The molecule has 1 fully saturated rings. The summed E-state index contributed by atoms with van der Waals surface area (Å²) in [6.45, 7) is 0.244. The molecule has 2 unspecified atom stereocenters. The molecule has 0 aromatic carbocycles. The number of anilines is 2. The van der Waals surface area contributed by atoms with Gasteiger partial charge in [-0.25, -0.2) is 13.9 Å². The first-order valence-electron chi connectivity index (χ1n) is 7.93. The quantitative estimate of drug-likeness (QED) is 0.314. The molecule has 2 aromatic heterocycles. The zero-order valence-corrected chi connectivity index (χ0v) is 16.2. The number of phosphoric acid groups is 1. The van der Waals surface area contributed by atoms with E-state index < -0.39 is 21.8 Å². The first-order valence-corrected chi connectivity index (χ1v) is 11.2. The van der Waals surface area contributed by atoms with Gasteiger partial charge in [0.15, 0.2) is 17.0 Å². The van der Waals surface area contributed by atoms with Crippen LogP contribution in [-0.4, -0.2) is 55.4 Å². The average Bonchev–Trinajstić information content (AvgIpc) is 3.29. The van der Waals surface area contributed by atoms with Crippen LogP contribution in [0.25, 0.3) is 11.2 Å². The topological polar surface area (TPSA) is 184 Å². The number of nitrogen functional groups attached to an aromatic ring is 1. The van der Waals surface area contributed by atoms with Crippen molar-refractivity contribution in [3.05, 3.63) is 6.33 Å². The monoisotopic (exact) mass is 422 g/mol. The number of hydrogen-bond acceptors (Lipinski definition) is 10. The number of nitrogens with zero attached hydrogens (tertiary/aromatic N) is 4. The Kier molecular flexibility index (Phi) is 5.82. The van der Waals surface area contributed by atoms with Gasteiger partial charge in [-0.3, -0.25) is 9.09 Å². The average molecular weight is 422 g/mol. The van der Waals surface area contributed by atoms with Gasteiger partial charge in [0.2, 0.25) is 5.95 Å². The van der Waals surface area contributed by atoms with Crippen LogP contribution in [0.2, 0.25) is 0 Å². The Bertz CT molecular complexity index is 917. The summed E-state index contributed by atoms with van der Waals surface area (Å²) >= 11 is 0. The Labute approximate surface area is 154 Å². The molecule has 0 saturated heterocycles. The lowest BCUT2D eigenvalue weighted by molar-refractivity contribution is 0.144. The summed E-state index contributed by atoms with van der Waals surface area (Å²) in [5, 5.41) is 3.24. The van der Waals surface area contributed by atoms with Crippen molar-refractivity contribution >= 4 is 38.3 Å². The normalized spacial score (nSPS) is 18.9. The number of imidazole rings is 1. The van der Waals surface area contributed by atoms with Crippen LogP contribution >= 0.6 is 15.4 Å². The van der Waals surface area contributed by atoms with Crippen LogP contribution < -0.4 is 11.1 Å². The molecule has 1 aliphatic carbocycles. The molecule has 2 atom stereocenters. The van der Waals surface area contributed by atoms with Crippen molar-refractivity contribution in [2.75, 3.05) is 31.1 Å². The van der Waals surface area contributed by atoms with Crippen LogP contribution in [0.1, 0.15) is 12.8 Å². The van der Waals surface area contributed by atoms with Gasteiger partial charge in [-0.05, 0) is 12.8 Å². The number of ether oxygens (including phenoxy) is 1. The van der Waals surface area contributed by atoms with Crippen molar-refractivity contribution in [3.8, 4) is 0 Å². The highest BCUT2D eigenvalue weighted by atomic mass is 31.3. The summed E-state index contributed by atoms with van der Waals surface area (Å²) in [5.41, 5.74) is 6.81. The van der Waals surface area contributed by atoms with E-state index in [-0.39, 0.29) is 19.1 Å². The molecule has 0 bridgehead atoms. The largest absolute Gasteiger partial charge is 0.479 e. The third-order valence-electron chi connectivity index (χ3n) is 3.59. The summed E-state index contributed by atoms with van der Waals surface area (Å²) in [4.78, 5) is 31.2. The van der Waals surface area contributed by atoms with Crippen molar-refractivity contribution in [1.29, 1.82) is 0 Å². The fourth-order valence-corrected chi connectivity index (χ4v) is 4.31. The maximum Gasteiger partial charge on any atom is 0.479 e. The van der Waals surface area contributed by atoms with Crippen molar-refractivity contribution in [2.24, 2.45) is 0 Å². The van der Waals surface area contributed by atoms with E-state index >= 15 is 0 Å². The molecule has 5 N–H and O–H groups in total. The number of nitrogens with two attached hydrogens (primary N) is 1. The molecular formula is C12H20N6O7P2. The van der Waals surface area contributed by atoms with E-state index in [2.05, 4.69) is 29.1 Å². The number of rotatable bonds is 10. The molecule has 0 radical (unpaired) electrons. The van der Waals surface area contributed by atoms with E-state index in [1.807, 2.05) is 0 Å². The number of phosphoric ester groups is 1. The third kappa shape index (κ3) is 5.45. The highest BCUT2D eigenvalue weighted by molar-refractivity contribution is 7.63. The molecule has 0 amide bonds. The van der Waals surface area contributed by atoms with Gasteiger partial charge < -0.3 is 30.1 Å². The van der Waals surface area contributed by atoms with Gasteiger partial charge >= 0.3 is 15.4 Å². The van der Waals surface area contributed by atoms with Gasteiger partial charge in [0, 0.05) is 19.7 Å². The standard InChI is InChI=1S/C12H20N6O7P2/c1-23-27(21,22)25-26(19,20)7-24-5-4-18-6-14-9-10(15-8-2-3-8)16-12(13)17-11(9)18/h6,8H,2-5,7H2,1H3,(H,19,20)(H,21,22)(H3,13,15,16,17). The fraction of sp³-hybridized carbons (Fsp3) is 0.583. The number of hydrogen-bond donors (Lipinski definition) is 4. The van der Waals surface area contributed by atoms with Gasteiger partial charge in [-0.2, -0.15) is 9.97 Å². The second kappa shape index (κ2) is 7.80. The predicted molar refractivity (Wildman–Crippen MR) is 94.9 cm³/mol. The molecule has 1 aliphatic rings. The fourth-order valence-electron chi connectivity index (χ4n) is 2.21. The number of fused-ring (bicyclic) bond motifs is 1. The molecule has 2 aromatic rings. The Morgan fingerprint density at radius 1 is 1.37 bits per heavy atom. The summed E-state index contributed by atoms with van der Waals surface area (Å²) in [5.74, 6) is 0.658. The van der Waals surface area contributed by atoms with Crippen LogP contribution in [0.4, 0.5) is 11.8 Å². The summed E-state index contributed by atoms with van der Waals surface area (Å²) in [7, 11) is -8.16. The van der Waals surface area contributed by atoms with Crippen LogP contribution in [0.5, 0.6) is 0 Å². The van der Waals surface area contributed by atoms with E-state index in [4.69, 9.17) is 15.4 Å². The summed E-state index contributed by atoms with van der Waals surface area (Å²) in [6.07, 6.45) is 2.88. The Morgan fingerprint density at radius 2 is 2.11 bits per heavy atom. The maximum absolute atomic E-state index is 11.7. The highest BCUT2D eigenvalue weighted by Gasteiger charge is 2.32. The van der Waals surface area contributed by atoms with E-state index in [0.717, 1.165) is 20.0 Å². The number of nitrogens with one attached hydrogen (secondary N) is 1. The van der Waals surface area contributed by atoms with Crippen molar-refractivity contribution in [3.63, 3.8) is 0 Å². The van der Waals surface area contributed by atoms with Gasteiger partial charge in [-0.15, -0.1) is 0 Å². The van der Waals surface area contributed by atoms with Crippen molar-refractivity contribution in [1.82, 2.24) is 19.5 Å². The Morgan fingerprint density at radius 3 is 2.78 bits per heavy atom. The molecule has 0 spiro atoms. The van der Waals surface area contributed by atoms with Crippen LogP contribution in [-0.2, 0) is 29.2 Å². The second-order valence-corrected chi connectivity index (χ2v) is 9.36. The van der Waals surface area contributed by atoms with E-state index in [9.17, 15) is 14.0 Å². The van der Waals surface area contributed by atoms with Gasteiger partial charge in [0.25, 0.3) is 0 Å². The molecular weight excluding hydrogens is 402 g/mol. The SMILES string of the molecule is COP(=O)(O)OP(=O)(O)COCCn1cnc2c(NC3CC3)nc(N)nc21. The molecule has 3 rings (SSSR count). The van der Waals surface area contributed by atoms with Crippen molar-refractivity contribution in [2.45, 2.75) is 25.4 Å². The molecule has 1 saturated carbocycles. The highest BCUT2D eigenvalue weighted by Crippen LogP contribution is 2.59. The van der Waals surface area contributed by atoms with Gasteiger partial charge in [0.1, 0.15) is 6.35 Å². The molecule has 2 heterocycles.